The lowest BCUT2D eigenvalue weighted by atomic mass is 9.98. The number of hydrogen-bond donors (Lipinski definition) is 1. The lowest BCUT2D eigenvalue weighted by Gasteiger charge is -2.37. The molecule has 1 aromatic heterocycles. The molecule has 0 bridgehead atoms. The molecule has 1 N–H and O–H groups in total. The molecule has 5 rings (SSSR count). The summed E-state index contributed by atoms with van der Waals surface area (Å²) in [4.78, 5) is 24.0. The van der Waals surface area contributed by atoms with Gasteiger partial charge in [-0.1, -0.05) is 62.0 Å². The summed E-state index contributed by atoms with van der Waals surface area (Å²) in [5.41, 5.74) is 6.49. The van der Waals surface area contributed by atoms with Crippen molar-refractivity contribution in [1.29, 1.82) is 0 Å². The predicted molar refractivity (Wildman–Crippen MR) is 177 cm³/mol. The average molecular weight is 649 g/mol. The molecule has 2 amide bonds. The summed E-state index contributed by atoms with van der Waals surface area (Å²) in [5.74, 6) is 1.36. The van der Waals surface area contributed by atoms with E-state index in [1.54, 1.807) is 18.0 Å². The molecule has 1 aliphatic rings. The zero-order chi connectivity index (χ0) is 33.0. The quantitative estimate of drug-likeness (QED) is 0.216. The second-order valence-corrected chi connectivity index (χ2v) is 12.4. The van der Waals surface area contributed by atoms with Gasteiger partial charge in [-0.25, -0.2) is 14.5 Å². The molecule has 0 saturated carbocycles. The first-order chi connectivity index (χ1) is 21.9. The third-order valence-electron chi connectivity index (χ3n) is 7.52. The van der Waals surface area contributed by atoms with Crippen LogP contribution in [-0.4, -0.2) is 44.1 Å². The van der Waals surface area contributed by atoms with Gasteiger partial charge in [0.2, 0.25) is 0 Å². The molecule has 0 aliphatic carbocycles. The molecule has 1 unspecified atom stereocenters. The third kappa shape index (κ3) is 7.97. The molecular weight excluding hydrogens is 613 g/mol. The number of benzene rings is 3. The SMILES string of the molecule is C/C(=C\NC(=O)/N=C1\SCCC(C)N1c1cc(C)ccc1C(C)C)c1ccc(-c2ncn(-c3ccc(OC(F)(F)F)cc3)n2)cc1. The van der Waals surface area contributed by atoms with Gasteiger partial charge in [-0.2, -0.15) is 4.99 Å². The smallest absolute Gasteiger partial charge is 0.406 e. The monoisotopic (exact) mass is 648 g/mol. The van der Waals surface area contributed by atoms with Gasteiger partial charge in [0.1, 0.15) is 12.1 Å². The van der Waals surface area contributed by atoms with E-state index >= 15 is 0 Å². The molecule has 1 saturated heterocycles. The van der Waals surface area contributed by atoms with E-state index in [1.165, 1.54) is 40.8 Å². The third-order valence-corrected chi connectivity index (χ3v) is 8.50. The summed E-state index contributed by atoms with van der Waals surface area (Å²) < 4.78 is 42.7. The molecule has 1 atom stereocenters. The maximum Gasteiger partial charge on any atom is 0.573 e. The van der Waals surface area contributed by atoms with Gasteiger partial charge in [0.05, 0.1) is 5.69 Å². The van der Waals surface area contributed by atoms with Gasteiger partial charge in [0.15, 0.2) is 11.0 Å². The predicted octanol–water partition coefficient (Wildman–Crippen LogP) is 8.72. The minimum absolute atomic E-state index is 0.210. The van der Waals surface area contributed by atoms with Crippen molar-refractivity contribution in [1.82, 2.24) is 20.1 Å². The Hall–Kier alpha value is -4.58. The van der Waals surface area contributed by atoms with E-state index in [0.717, 1.165) is 40.1 Å². The Morgan fingerprint density at radius 3 is 2.50 bits per heavy atom. The number of aryl methyl sites for hydroxylation is 1. The average Bonchev–Trinajstić information content (AvgIpc) is 3.50. The highest BCUT2D eigenvalue weighted by Crippen LogP contribution is 2.35. The summed E-state index contributed by atoms with van der Waals surface area (Å²) in [6.45, 7) is 10.5. The Labute approximate surface area is 270 Å². The Kier molecular flexibility index (Phi) is 9.85. The Bertz CT molecular complexity index is 1750. The number of amidine groups is 1. The van der Waals surface area contributed by atoms with Crippen LogP contribution in [-0.2, 0) is 0 Å². The van der Waals surface area contributed by atoms with Crippen molar-refractivity contribution < 1.29 is 22.7 Å². The number of thioether (sulfide) groups is 1. The van der Waals surface area contributed by atoms with E-state index in [0.29, 0.717) is 22.6 Å². The van der Waals surface area contributed by atoms with Crippen molar-refractivity contribution in [2.24, 2.45) is 4.99 Å². The zero-order valence-corrected chi connectivity index (χ0v) is 27.0. The first kappa shape index (κ1) is 32.8. The number of carbonyl (C=O) groups is 1. The van der Waals surface area contributed by atoms with Crippen molar-refractivity contribution >= 4 is 34.2 Å². The van der Waals surface area contributed by atoms with E-state index < -0.39 is 12.4 Å². The number of rotatable bonds is 7. The molecule has 0 spiro atoms. The maximum absolute atomic E-state index is 13.0. The lowest BCUT2D eigenvalue weighted by molar-refractivity contribution is -0.274. The van der Waals surface area contributed by atoms with E-state index in [1.807, 2.05) is 31.2 Å². The summed E-state index contributed by atoms with van der Waals surface area (Å²) in [6, 6.07) is 19.1. The van der Waals surface area contributed by atoms with Crippen LogP contribution in [0.3, 0.4) is 0 Å². The minimum atomic E-state index is -4.75. The second kappa shape index (κ2) is 13.8. The van der Waals surface area contributed by atoms with Gasteiger partial charge in [0.25, 0.3) is 0 Å². The van der Waals surface area contributed by atoms with Crippen molar-refractivity contribution in [2.75, 3.05) is 10.7 Å². The van der Waals surface area contributed by atoms with Gasteiger partial charge in [0, 0.05) is 29.2 Å². The molecule has 1 fully saturated rings. The Balaban J connectivity index is 1.26. The highest BCUT2D eigenvalue weighted by atomic mass is 32.2. The van der Waals surface area contributed by atoms with Crippen LogP contribution >= 0.6 is 11.8 Å². The van der Waals surface area contributed by atoms with Crippen LogP contribution < -0.4 is 15.0 Å². The number of urea groups is 1. The molecule has 2 heterocycles. The number of hydrogen-bond acceptors (Lipinski definition) is 5. The molecule has 0 radical (unpaired) electrons. The molecule has 46 heavy (non-hydrogen) atoms. The van der Waals surface area contributed by atoms with Gasteiger partial charge in [-0.15, -0.1) is 18.3 Å². The van der Waals surface area contributed by atoms with Crippen LogP contribution in [0.25, 0.3) is 22.6 Å². The van der Waals surface area contributed by atoms with Gasteiger partial charge in [-0.3, -0.25) is 0 Å². The van der Waals surface area contributed by atoms with Crippen LogP contribution in [0.5, 0.6) is 5.75 Å². The van der Waals surface area contributed by atoms with Crippen LogP contribution in [0.2, 0.25) is 0 Å². The molecule has 8 nitrogen and oxygen atoms in total. The maximum atomic E-state index is 13.0. The summed E-state index contributed by atoms with van der Waals surface area (Å²) >= 11 is 1.59. The Morgan fingerprint density at radius 2 is 1.83 bits per heavy atom. The number of aromatic nitrogens is 3. The molecule has 3 aromatic carbocycles. The topological polar surface area (TPSA) is 84.6 Å². The molecule has 240 valence electrons. The van der Waals surface area contributed by atoms with Crippen molar-refractivity contribution in [3.63, 3.8) is 0 Å². The number of carbonyl (C=O) groups excluding carboxylic acids is 1. The van der Waals surface area contributed by atoms with Gasteiger partial charge >= 0.3 is 12.4 Å². The number of anilines is 1. The van der Waals surface area contributed by atoms with Crippen LogP contribution in [0.15, 0.2) is 84.2 Å². The fourth-order valence-electron chi connectivity index (χ4n) is 5.06. The van der Waals surface area contributed by atoms with Crippen molar-refractivity contribution in [3.8, 4) is 22.8 Å². The normalized spacial score (nSPS) is 16.6. The van der Waals surface area contributed by atoms with E-state index in [-0.39, 0.29) is 11.8 Å². The number of amides is 2. The fourth-order valence-corrected chi connectivity index (χ4v) is 6.27. The number of ether oxygens (including phenoxy) is 1. The van der Waals surface area contributed by atoms with Crippen molar-refractivity contribution in [3.05, 3.63) is 95.9 Å². The Morgan fingerprint density at radius 1 is 1.11 bits per heavy atom. The zero-order valence-electron chi connectivity index (χ0n) is 26.2. The second-order valence-electron chi connectivity index (χ2n) is 11.4. The van der Waals surface area contributed by atoms with E-state index in [9.17, 15) is 18.0 Å². The number of allylic oxidation sites excluding steroid dienone is 1. The number of nitrogens with one attached hydrogen (secondary N) is 1. The number of halogens is 3. The van der Waals surface area contributed by atoms with Crippen LogP contribution in [0.1, 0.15) is 56.7 Å². The summed E-state index contributed by atoms with van der Waals surface area (Å²) in [6.07, 6.45) is -0.625. The van der Waals surface area contributed by atoms with E-state index in [4.69, 9.17) is 0 Å². The first-order valence-electron chi connectivity index (χ1n) is 14.8. The molecule has 4 aromatic rings. The molecule has 12 heteroatoms. The van der Waals surface area contributed by atoms with Crippen molar-refractivity contribution in [2.45, 2.75) is 59.4 Å². The highest BCUT2D eigenvalue weighted by Gasteiger charge is 2.31. The standard InChI is InChI=1S/C34H35F3N6O2S/c1-21(2)29-15-6-22(3)18-30(29)43-24(5)16-17-46-33(43)40-32(44)38-19-23(4)25-7-9-26(10-8-25)31-39-20-42(41-31)27-11-13-28(14-12-27)45-34(35,36)37/h6-15,18-21,24H,16-17H2,1-5H3,(H,38,44)/b23-19+,40-33-. The largest absolute Gasteiger partial charge is 0.573 e. The highest BCUT2D eigenvalue weighted by molar-refractivity contribution is 8.14. The molecular formula is C34H35F3N6O2S. The number of nitrogens with zero attached hydrogens (tertiary/aromatic N) is 5. The number of aliphatic imine (C=N–C) groups is 1. The lowest BCUT2D eigenvalue weighted by Crippen LogP contribution is -2.42. The number of alkyl halides is 3. The van der Waals surface area contributed by atoms with E-state index in [2.05, 4.69) is 75.9 Å². The van der Waals surface area contributed by atoms with Gasteiger partial charge < -0.3 is 15.0 Å². The first-order valence-corrected chi connectivity index (χ1v) is 15.8. The van der Waals surface area contributed by atoms with Gasteiger partial charge in [-0.05, 0) is 85.7 Å². The minimum Gasteiger partial charge on any atom is -0.406 e. The fraction of sp³-hybridized carbons (Fsp3) is 0.294. The van der Waals surface area contributed by atoms with Crippen LogP contribution in [0.4, 0.5) is 23.7 Å². The van der Waals surface area contributed by atoms with Crippen LogP contribution in [0, 0.1) is 6.92 Å². The summed E-state index contributed by atoms with van der Waals surface area (Å²) in [7, 11) is 0. The molecule has 1 aliphatic heterocycles. The summed E-state index contributed by atoms with van der Waals surface area (Å²) in [5, 5.41) is 7.96.